The van der Waals surface area contributed by atoms with Gasteiger partial charge in [-0.3, -0.25) is 9.59 Å². The molecule has 0 spiro atoms. The molecule has 1 N–H and O–H groups in total. The standard InChI is InChI=1S/C19H21FN4O2/c20-17-4-2-1-3-15(17)5-8-22-19(26)16-6-7-21-18(13-16)24-11-9-23(14-25)10-12-24/h1-4,6-7,13-14H,5,8-12H2,(H,22,26). The van der Waals surface area contributed by atoms with Crippen LogP contribution in [0.2, 0.25) is 0 Å². The number of nitrogens with zero attached hydrogens (tertiary/aromatic N) is 3. The Labute approximate surface area is 151 Å². The van der Waals surface area contributed by atoms with Crippen LogP contribution in [0.4, 0.5) is 10.2 Å². The van der Waals surface area contributed by atoms with Crippen LogP contribution in [0.3, 0.4) is 0 Å². The zero-order chi connectivity index (χ0) is 18.4. The van der Waals surface area contributed by atoms with Gasteiger partial charge >= 0.3 is 0 Å². The normalized spacial score (nSPS) is 14.2. The van der Waals surface area contributed by atoms with Crippen LogP contribution in [0.5, 0.6) is 0 Å². The van der Waals surface area contributed by atoms with Gasteiger partial charge in [0.15, 0.2) is 0 Å². The van der Waals surface area contributed by atoms with E-state index in [0.29, 0.717) is 50.3 Å². The minimum absolute atomic E-state index is 0.212. The smallest absolute Gasteiger partial charge is 0.251 e. The van der Waals surface area contributed by atoms with Crippen molar-refractivity contribution in [3.63, 3.8) is 0 Å². The molecule has 0 aliphatic carbocycles. The van der Waals surface area contributed by atoms with Crippen molar-refractivity contribution in [1.29, 1.82) is 0 Å². The first-order valence-electron chi connectivity index (χ1n) is 8.59. The summed E-state index contributed by atoms with van der Waals surface area (Å²) in [6.45, 7) is 3.01. The molecule has 26 heavy (non-hydrogen) atoms. The number of pyridine rings is 1. The van der Waals surface area contributed by atoms with Gasteiger partial charge < -0.3 is 15.1 Å². The molecule has 2 heterocycles. The van der Waals surface area contributed by atoms with Crippen molar-refractivity contribution in [3.8, 4) is 0 Å². The fourth-order valence-electron chi connectivity index (χ4n) is 2.90. The quantitative estimate of drug-likeness (QED) is 0.796. The molecule has 1 aromatic carbocycles. The molecule has 0 radical (unpaired) electrons. The number of rotatable bonds is 6. The summed E-state index contributed by atoms with van der Waals surface area (Å²) < 4.78 is 13.6. The fourth-order valence-corrected chi connectivity index (χ4v) is 2.90. The van der Waals surface area contributed by atoms with Gasteiger partial charge in [-0.15, -0.1) is 0 Å². The van der Waals surface area contributed by atoms with E-state index in [2.05, 4.69) is 15.2 Å². The summed E-state index contributed by atoms with van der Waals surface area (Å²) in [6, 6.07) is 9.95. The minimum atomic E-state index is -0.262. The number of piperazine rings is 1. The Balaban J connectivity index is 1.56. The Morgan fingerprint density at radius 2 is 1.96 bits per heavy atom. The maximum absolute atomic E-state index is 13.6. The second kappa shape index (κ2) is 8.42. The maximum Gasteiger partial charge on any atom is 0.251 e. The molecule has 1 aliphatic heterocycles. The van der Waals surface area contributed by atoms with Crippen LogP contribution in [-0.4, -0.2) is 54.9 Å². The number of carbonyl (C=O) groups excluding carboxylic acids is 2. The number of aromatic nitrogens is 1. The molecule has 1 aliphatic rings. The topological polar surface area (TPSA) is 65.5 Å². The van der Waals surface area contributed by atoms with Crippen molar-refractivity contribution in [1.82, 2.24) is 15.2 Å². The number of amides is 2. The van der Waals surface area contributed by atoms with Gasteiger partial charge in [0.1, 0.15) is 11.6 Å². The SMILES string of the molecule is O=CN1CCN(c2cc(C(=O)NCCc3ccccc3F)ccn2)CC1. The summed E-state index contributed by atoms with van der Waals surface area (Å²) in [5.74, 6) is 0.247. The Morgan fingerprint density at radius 1 is 1.19 bits per heavy atom. The van der Waals surface area contributed by atoms with Crippen molar-refractivity contribution >= 4 is 18.1 Å². The van der Waals surface area contributed by atoms with E-state index in [1.165, 1.54) is 6.07 Å². The number of benzene rings is 1. The highest BCUT2D eigenvalue weighted by atomic mass is 19.1. The van der Waals surface area contributed by atoms with Crippen LogP contribution in [0, 0.1) is 5.82 Å². The molecule has 3 rings (SSSR count). The molecule has 1 fully saturated rings. The monoisotopic (exact) mass is 356 g/mol. The molecule has 2 aromatic rings. The molecule has 0 atom stereocenters. The van der Waals surface area contributed by atoms with E-state index >= 15 is 0 Å². The van der Waals surface area contributed by atoms with E-state index in [0.717, 1.165) is 12.2 Å². The predicted octanol–water partition coefficient (Wildman–Crippen LogP) is 1.47. The summed E-state index contributed by atoms with van der Waals surface area (Å²) in [5.41, 5.74) is 1.10. The van der Waals surface area contributed by atoms with Crippen molar-refractivity contribution in [2.45, 2.75) is 6.42 Å². The molecule has 1 saturated heterocycles. The molecule has 7 heteroatoms. The van der Waals surface area contributed by atoms with Gasteiger partial charge in [-0.1, -0.05) is 18.2 Å². The highest BCUT2D eigenvalue weighted by Gasteiger charge is 2.17. The van der Waals surface area contributed by atoms with Crippen LogP contribution in [0.25, 0.3) is 0 Å². The van der Waals surface area contributed by atoms with Gasteiger partial charge in [0.25, 0.3) is 5.91 Å². The van der Waals surface area contributed by atoms with Crippen LogP contribution in [0.1, 0.15) is 15.9 Å². The lowest BCUT2D eigenvalue weighted by Gasteiger charge is -2.33. The third-order valence-electron chi connectivity index (χ3n) is 4.43. The van der Waals surface area contributed by atoms with Gasteiger partial charge in [-0.25, -0.2) is 9.37 Å². The summed E-state index contributed by atoms with van der Waals surface area (Å²) in [7, 11) is 0. The first kappa shape index (κ1) is 17.8. The number of anilines is 1. The van der Waals surface area contributed by atoms with Gasteiger partial charge in [-0.2, -0.15) is 0 Å². The third-order valence-corrected chi connectivity index (χ3v) is 4.43. The summed E-state index contributed by atoms with van der Waals surface area (Å²) >= 11 is 0. The molecule has 1 aromatic heterocycles. The Morgan fingerprint density at radius 3 is 2.69 bits per heavy atom. The van der Waals surface area contributed by atoms with Crippen molar-refractivity contribution in [3.05, 3.63) is 59.5 Å². The second-order valence-corrected chi connectivity index (χ2v) is 6.13. The minimum Gasteiger partial charge on any atom is -0.353 e. The summed E-state index contributed by atoms with van der Waals surface area (Å²) in [5, 5.41) is 2.81. The lowest BCUT2D eigenvalue weighted by molar-refractivity contribution is -0.118. The largest absolute Gasteiger partial charge is 0.353 e. The van der Waals surface area contributed by atoms with E-state index in [-0.39, 0.29) is 11.7 Å². The van der Waals surface area contributed by atoms with Crippen molar-refractivity contribution in [2.24, 2.45) is 0 Å². The van der Waals surface area contributed by atoms with Gasteiger partial charge in [0.05, 0.1) is 0 Å². The molecule has 0 bridgehead atoms. The van der Waals surface area contributed by atoms with Crippen LogP contribution >= 0.6 is 0 Å². The molecule has 136 valence electrons. The number of hydrogen-bond acceptors (Lipinski definition) is 4. The Kier molecular flexibility index (Phi) is 5.78. The number of halogens is 1. The zero-order valence-corrected chi connectivity index (χ0v) is 14.4. The fraction of sp³-hybridized carbons (Fsp3) is 0.316. The third kappa shape index (κ3) is 4.36. The lowest BCUT2D eigenvalue weighted by Crippen LogP contribution is -2.46. The Bertz CT molecular complexity index is 776. The number of carbonyl (C=O) groups is 2. The van der Waals surface area contributed by atoms with E-state index in [1.807, 2.05) is 0 Å². The molecular formula is C19H21FN4O2. The highest BCUT2D eigenvalue weighted by Crippen LogP contribution is 2.15. The van der Waals surface area contributed by atoms with E-state index in [1.54, 1.807) is 41.4 Å². The number of nitrogens with one attached hydrogen (secondary N) is 1. The van der Waals surface area contributed by atoms with E-state index in [9.17, 15) is 14.0 Å². The van der Waals surface area contributed by atoms with Gasteiger partial charge in [0.2, 0.25) is 6.41 Å². The van der Waals surface area contributed by atoms with Gasteiger partial charge in [-0.05, 0) is 30.2 Å². The molecule has 0 unspecified atom stereocenters. The van der Waals surface area contributed by atoms with Crippen LogP contribution in [0.15, 0.2) is 42.6 Å². The first-order chi connectivity index (χ1) is 12.7. The summed E-state index contributed by atoms with van der Waals surface area (Å²) in [4.78, 5) is 31.2. The maximum atomic E-state index is 13.6. The molecule has 6 nitrogen and oxygen atoms in total. The Hall–Kier alpha value is -2.96. The second-order valence-electron chi connectivity index (χ2n) is 6.13. The van der Waals surface area contributed by atoms with E-state index < -0.39 is 0 Å². The average molecular weight is 356 g/mol. The molecule has 2 amide bonds. The van der Waals surface area contributed by atoms with Crippen LogP contribution in [-0.2, 0) is 11.2 Å². The van der Waals surface area contributed by atoms with Crippen LogP contribution < -0.4 is 10.2 Å². The average Bonchev–Trinajstić information content (AvgIpc) is 2.69. The predicted molar refractivity (Wildman–Crippen MR) is 96.5 cm³/mol. The first-order valence-corrected chi connectivity index (χ1v) is 8.59. The molecular weight excluding hydrogens is 335 g/mol. The van der Waals surface area contributed by atoms with Crippen molar-refractivity contribution in [2.75, 3.05) is 37.6 Å². The summed E-state index contributed by atoms with van der Waals surface area (Å²) in [6.07, 6.45) is 2.89. The highest BCUT2D eigenvalue weighted by molar-refractivity contribution is 5.94. The zero-order valence-electron chi connectivity index (χ0n) is 14.4. The number of hydrogen-bond donors (Lipinski definition) is 1. The van der Waals surface area contributed by atoms with Gasteiger partial charge in [0, 0.05) is 44.5 Å². The lowest BCUT2D eigenvalue weighted by atomic mass is 10.1. The molecule has 0 saturated carbocycles. The van der Waals surface area contributed by atoms with E-state index in [4.69, 9.17) is 0 Å². The van der Waals surface area contributed by atoms with Crippen molar-refractivity contribution < 1.29 is 14.0 Å².